The molecule has 0 amide bonds. The molecular weight excluding hydrogens is 763 g/mol. The molecule has 0 atom stereocenters. The van der Waals surface area contributed by atoms with Crippen LogP contribution in [-0.2, 0) is 29.2 Å². The smallest absolute Gasteiger partial charge is 0.494 e. The first-order chi connectivity index (χ1) is 8.70. The van der Waals surface area contributed by atoms with Crippen molar-refractivity contribution in [3.8, 4) is 0 Å². The van der Waals surface area contributed by atoms with E-state index in [1.807, 2.05) is 41.5 Å². The van der Waals surface area contributed by atoms with Crippen molar-refractivity contribution in [2.24, 2.45) is 0 Å². The predicted molar refractivity (Wildman–Crippen MR) is 126 cm³/mol. The van der Waals surface area contributed by atoms with Crippen molar-refractivity contribution in [1.29, 1.82) is 0 Å². The second-order valence-electron chi connectivity index (χ2n) is 1.01. The second kappa shape index (κ2) is 253. The van der Waals surface area contributed by atoms with Gasteiger partial charge in [-0.1, -0.05) is 63.8 Å². The zero-order chi connectivity index (χ0) is 15.4. The fraction of sp³-hybridized carbons (Fsp3) is 0.750. The summed E-state index contributed by atoms with van der Waals surface area (Å²) in [4.78, 5) is 45.5. The second-order valence-corrected chi connectivity index (χ2v) is 1.01. The van der Waals surface area contributed by atoms with Crippen molar-refractivity contribution in [2.45, 2.75) is 63.8 Å². The minimum atomic E-state index is -1.71. The van der Waals surface area contributed by atoms with E-state index in [1.54, 1.807) is 0 Å². The van der Waals surface area contributed by atoms with Gasteiger partial charge in [-0.15, -0.1) is 0 Å². The van der Waals surface area contributed by atoms with Gasteiger partial charge in [-0.25, -0.2) is 4.89 Å². The van der Waals surface area contributed by atoms with E-state index < -0.39 is 12.3 Å². The van der Waals surface area contributed by atoms with E-state index in [4.69, 9.17) is 5.26 Å². The maximum absolute atomic E-state index is 10.1. The van der Waals surface area contributed by atoms with Crippen LogP contribution < -0.4 is 18.5 Å². The van der Waals surface area contributed by atoms with Crippen LogP contribution in [-0.4, -0.2) is 73.3 Å². The van der Waals surface area contributed by atoms with Gasteiger partial charge in [0.25, 0.3) is 0 Å². The van der Waals surface area contributed by atoms with Crippen LogP contribution in [0.5, 0.6) is 0 Å². The van der Waals surface area contributed by atoms with Gasteiger partial charge in [0.05, 0.1) is 0 Å². The van der Waals surface area contributed by atoms with Crippen LogP contribution in [0, 0.1) is 81.7 Å². The molecule has 0 aliphatic carbocycles. The maximum atomic E-state index is 10.1. The third kappa shape index (κ3) is 283. The molecule has 0 aromatic heterocycles. The topological polar surface area (TPSA) is 506 Å². The fourth-order valence-corrected chi connectivity index (χ4v) is 0.148. The third-order valence-corrected chi connectivity index (χ3v) is 0.396. The molecule has 0 spiro atoms. The average molecular weight is 821 g/mol. The Labute approximate surface area is 273 Å². The van der Waals surface area contributed by atoms with E-state index in [0.29, 0.717) is 6.47 Å². The molecule has 23 heteroatoms. The Hall–Kier alpha value is 0.191. The first-order valence-corrected chi connectivity index (χ1v) is 5.15. The van der Waals surface area contributed by atoms with Crippen molar-refractivity contribution in [3.63, 3.8) is 0 Å². The summed E-state index contributed by atoms with van der Waals surface area (Å²) in [5, 5.41) is 7.52. The summed E-state index contributed by atoms with van der Waals surface area (Å²) < 4.78 is 0. The fourth-order valence-electron chi connectivity index (χ4n) is 0.148. The number of hydrogen-bond donors (Lipinski definition) is 4. The molecule has 0 aliphatic rings. The van der Waals surface area contributed by atoms with Crippen LogP contribution in [0.2, 0.25) is 0 Å². The molecule has 0 fully saturated rings. The molecule has 0 heterocycles. The molecule has 0 unspecified atom stereocenters. The summed E-state index contributed by atoms with van der Waals surface area (Å²) in [5.41, 5.74) is 0. The van der Waals surface area contributed by atoms with Crippen LogP contribution in [0.15, 0.2) is 0 Å². The van der Waals surface area contributed by atoms with Gasteiger partial charge < -0.3 is 77.4 Å². The summed E-state index contributed by atoms with van der Waals surface area (Å²) in [7, 11) is 0. The van der Waals surface area contributed by atoms with Gasteiger partial charge in [-0.3, -0.25) is 4.89 Å². The van der Waals surface area contributed by atoms with Crippen molar-refractivity contribution in [1.82, 2.24) is 18.5 Å². The van der Waals surface area contributed by atoms with E-state index in [-0.39, 0.29) is 172 Å². The summed E-state index contributed by atoms with van der Waals surface area (Å²) in [6.45, 7) is 12.7. The summed E-state index contributed by atoms with van der Waals surface area (Å²) in [5.74, 6) is 0. The molecule has 0 saturated heterocycles. The molecule has 0 saturated carbocycles. The molecule has 35 heavy (non-hydrogen) atoms. The van der Waals surface area contributed by atoms with E-state index >= 15 is 0 Å². The molecule has 0 aliphatic heterocycles. The molecular formula is C12H58N3Nd2O18-. The Morgan fingerprint density at radius 1 is 0.543 bits per heavy atom. The maximum Gasteiger partial charge on any atom is 0.589 e. The summed E-state index contributed by atoms with van der Waals surface area (Å²) in [6, 6.07) is 0. The van der Waals surface area contributed by atoms with Crippen LogP contribution in [0.25, 0.3) is 0 Å². The van der Waals surface area contributed by atoms with Gasteiger partial charge in [0, 0.05) is 81.7 Å². The van der Waals surface area contributed by atoms with Gasteiger partial charge in [0.2, 0.25) is 0 Å². The van der Waals surface area contributed by atoms with Crippen LogP contribution in [0.3, 0.4) is 0 Å². The quantitative estimate of drug-likeness (QED) is 0.130. The minimum absolute atomic E-state index is 0. The molecule has 0 rings (SSSR count). The largest absolute Gasteiger partial charge is 0.589 e. The van der Waals surface area contributed by atoms with E-state index in [1.165, 1.54) is 0 Å². The first-order valence-electron chi connectivity index (χ1n) is 5.15. The molecule has 0 aromatic rings. The van der Waals surface area contributed by atoms with Gasteiger partial charge in [0.1, 0.15) is 0 Å². The molecule has 238 valence electrons. The zero-order valence-electron chi connectivity index (χ0n) is 18.8. The van der Waals surface area contributed by atoms with Crippen molar-refractivity contribution in [3.05, 3.63) is 0 Å². The first kappa shape index (κ1) is 204. The van der Waals surface area contributed by atoms with Crippen LogP contribution in [0.4, 0.5) is 9.59 Å². The molecule has 21 nitrogen and oxygen atoms in total. The van der Waals surface area contributed by atoms with Crippen LogP contribution >= 0.6 is 0 Å². The number of rotatable bonds is 2. The summed E-state index contributed by atoms with van der Waals surface area (Å²) >= 11 is 0. The Kier molecular flexibility index (Phi) is 1480. The van der Waals surface area contributed by atoms with Gasteiger partial charge in [-0.2, -0.15) is 24.6 Å². The van der Waals surface area contributed by atoms with Gasteiger partial charge in [-0.05, 0) is 6.47 Å². The number of carbonyl (C=O) groups is 2. The third-order valence-electron chi connectivity index (χ3n) is 0.396. The van der Waals surface area contributed by atoms with Crippen molar-refractivity contribution >= 4 is 18.8 Å². The van der Waals surface area contributed by atoms with Crippen LogP contribution in [0.1, 0.15) is 63.8 Å². The zero-order valence-corrected chi connectivity index (χ0v) is 25.3. The molecule has 0 aromatic carbocycles. The summed E-state index contributed by atoms with van der Waals surface area (Å²) in [6.07, 6.45) is -3.37. The SMILES string of the molecule is C.C.C.CC.CC.CC.N.N.N.O.O.O.O.O.O.O.O.O.O=[C-]OOC(=O)OOC(=O)OO.[Nd].[Nd]. The van der Waals surface area contributed by atoms with E-state index in [9.17, 15) is 14.4 Å². The minimum Gasteiger partial charge on any atom is -0.494 e. The molecule has 0 radical (unpaired) electrons. The molecule has 28 N–H and O–H groups in total. The normalized spacial score (nSPS) is 3.17. The average Bonchev–Trinajstić information content (AvgIpc) is 2.48. The van der Waals surface area contributed by atoms with E-state index in [0.717, 1.165) is 0 Å². The standard InChI is InChI=1S/C3HO9.3C2H6.3CH4.3H3N.2Nd.9H2O/c4-1-8-10-3(6)12-11-2(5)9-7;3*1-2;;;;;;;;;;;;;;;;;/h7H;3*1-2H3;3*1H4;3*1H3;;;9*1H2/q-1;;;;;;;;;;;;;;;;;;;;. The van der Waals surface area contributed by atoms with E-state index in [2.05, 4.69) is 24.4 Å². The van der Waals surface area contributed by atoms with Crippen molar-refractivity contribution in [2.75, 3.05) is 0 Å². The van der Waals surface area contributed by atoms with Gasteiger partial charge in [0.15, 0.2) is 0 Å². The number of carbonyl (C=O) groups excluding carboxylic acids is 3. The number of hydrogen-bond acceptors (Lipinski definition) is 12. The monoisotopic (exact) mass is 816 g/mol. The molecule has 0 bridgehead atoms. The van der Waals surface area contributed by atoms with Crippen molar-refractivity contribution < 1.29 is 175 Å². The Morgan fingerprint density at radius 3 is 0.914 bits per heavy atom. The van der Waals surface area contributed by atoms with Gasteiger partial charge >= 0.3 is 12.3 Å². The Morgan fingerprint density at radius 2 is 0.743 bits per heavy atom. The Bertz CT molecular complexity index is 218. The Balaban J connectivity index is -0.00000000419. The predicted octanol–water partition coefficient (Wildman–Crippen LogP) is -2.27.